The largest absolute Gasteiger partial charge is 0.465 e. The van der Waals surface area contributed by atoms with Gasteiger partial charge in [-0.2, -0.15) is 25.5 Å². The van der Waals surface area contributed by atoms with Crippen LogP contribution in [0.5, 0.6) is 0 Å². The Balaban J connectivity index is 0.000000185. The van der Waals surface area contributed by atoms with E-state index in [0.29, 0.717) is 83.7 Å². The molecular formula is C93H92IN15O12. The molecule has 0 fully saturated rings. The number of nitrogens with one attached hydrogen (secondary N) is 3. The molecule has 5 heterocycles. The number of benzene rings is 8. The second kappa shape index (κ2) is 48.6. The molecule has 0 saturated carbocycles. The number of nitrogens with zero attached hydrogens (tertiary/aromatic N) is 10. The minimum absolute atomic E-state index is 0.0222. The van der Waals surface area contributed by atoms with E-state index in [1.165, 1.54) is 39.5 Å². The van der Waals surface area contributed by atoms with Gasteiger partial charge in [-0.15, -0.1) is 6.42 Å². The van der Waals surface area contributed by atoms with Crippen LogP contribution in [0.1, 0.15) is 76.3 Å². The van der Waals surface area contributed by atoms with Gasteiger partial charge in [0.1, 0.15) is 72.4 Å². The van der Waals surface area contributed by atoms with Crippen molar-refractivity contribution in [2.75, 3.05) is 60.5 Å². The van der Waals surface area contributed by atoms with Crippen molar-refractivity contribution < 1.29 is 57.6 Å². The highest BCUT2D eigenvalue weighted by Crippen LogP contribution is 2.33. The minimum Gasteiger partial charge on any atom is -0.465 e. The third-order valence-electron chi connectivity index (χ3n) is 16.4. The number of aromatic nitrogens is 10. The number of nitrogen functional groups attached to an aromatic ring is 2. The molecule has 28 heteroatoms. The molecule has 0 spiro atoms. The number of aliphatic hydroxyl groups excluding tert-OH is 1. The first-order valence-corrected chi connectivity index (χ1v) is 39.4. The summed E-state index contributed by atoms with van der Waals surface area (Å²) in [6.07, 6.45) is 5.10. The van der Waals surface area contributed by atoms with Crippen molar-refractivity contribution in [2.45, 2.75) is 81.2 Å². The number of terminal acetylenes is 1. The van der Waals surface area contributed by atoms with E-state index >= 15 is 0 Å². The van der Waals surface area contributed by atoms with Crippen LogP contribution >= 0.6 is 22.6 Å². The van der Waals surface area contributed by atoms with Crippen LogP contribution in [0.2, 0.25) is 0 Å². The Kier molecular flexibility index (Phi) is 36.8. The summed E-state index contributed by atoms with van der Waals surface area (Å²) in [7, 11) is 0. The number of nitrogens with two attached hydrogens (primary N) is 2. The van der Waals surface area contributed by atoms with Gasteiger partial charge in [0.2, 0.25) is 17.7 Å². The molecule has 0 aliphatic rings. The van der Waals surface area contributed by atoms with Crippen LogP contribution in [0.3, 0.4) is 0 Å². The van der Waals surface area contributed by atoms with Crippen molar-refractivity contribution in [3.8, 4) is 92.3 Å². The van der Waals surface area contributed by atoms with Crippen molar-refractivity contribution in [2.24, 2.45) is 0 Å². The molecule has 121 heavy (non-hydrogen) atoms. The Morgan fingerprint density at radius 2 is 0.711 bits per heavy atom. The Morgan fingerprint density at radius 3 is 1.11 bits per heavy atom. The lowest BCUT2D eigenvalue weighted by Crippen LogP contribution is -2.18. The number of carbonyl (C=O) groups excluding carboxylic acids is 7. The molecule has 8 aromatic carbocycles. The second-order valence-electron chi connectivity index (χ2n) is 25.5. The van der Waals surface area contributed by atoms with Crippen molar-refractivity contribution in [3.63, 3.8) is 0 Å². The SMILES string of the molecule is C#Cc1ccccc1.CCOC(=O)Cn1nc(-c2ccccc2)c(C#Cc2ccccc2)c1NC(C)=O.CCOC(=O)Cn1nc(-c2ccccc2)c(I)c1NC(C)=O.CCOC(=O)Cn1nc(-c2ccccc2)cc1N.CCOC(=O)Cn1nc(-c2ccccc2)cc1NC(C)=O.Nc1c(C#Cc2ccccc2)c(-c2ccccc2)nn1CCO. The summed E-state index contributed by atoms with van der Waals surface area (Å²) in [5, 5.41) is 39.5. The molecule has 0 aliphatic carbocycles. The lowest BCUT2D eigenvalue weighted by Gasteiger charge is -2.07. The highest BCUT2D eigenvalue weighted by Gasteiger charge is 2.24. The number of amides is 3. The van der Waals surface area contributed by atoms with E-state index in [0.717, 1.165) is 59.5 Å². The zero-order chi connectivity index (χ0) is 86.8. The molecule has 3 amide bonds. The lowest BCUT2D eigenvalue weighted by atomic mass is 10.1. The number of ether oxygens (including phenoxy) is 4. The van der Waals surface area contributed by atoms with E-state index in [1.54, 1.807) is 44.5 Å². The quantitative estimate of drug-likeness (QED) is 0.0159. The van der Waals surface area contributed by atoms with Crippen molar-refractivity contribution >= 4 is 93.3 Å². The van der Waals surface area contributed by atoms with Crippen molar-refractivity contribution in [1.82, 2.24) is 48.9 Å². The zero-order valence-electron chi connectivity index (χ0n) is 67.8. The van der Waals surface area contributed by atoms with E-state index in [1.807, 2.05) is 243 Å². The molecule has 8 N–H and O–H groups in total. The number of rotatable bonds is 22. The summed E-state index contributed by atoms with van der Waals surface area (Å²) in [4.78, 5) is 81.2. The van der Waals surface area contributed by atoms with E-state index in [-0.39, 0.29) is 63.1 Å². The van der Waals surface area contributed by atoms with Gasteiger partial charge in [0.15, 0.2) is 0 Å². The van der Waals surface area contributed by atoms with Gasteiger partial charge in [0.05, 0.1) is 65.7 Å². The Hall–Kier alpha value is -14.9. The molecule has 0 unspecified atom stereocenters. The van der Waals surface area contributed by atoms with E-state index in [2.05, 4.69) is 93.6 Å². The summed E-state index contributed by atoms with van der Waals surface area (Å²) in [6.45, 7) is 12.6. The fraction of sp³-hybridized carbons (Fsp3) is 0.183. The van der Waals surface area contributed by atoms with Gasteiger partial charge in [-0.05, 0) is 86.7 Å². The predicted molar refractivity (Wildman–Crippen MR) is 476 cm³/mol. The monoisotopic (exact) mass is 1740 g/mol. The van der Waals surface area contributed by atoms with Gasteiger partial charge in [-0.1, -0.05) is 236 Å². The molecule has 0 atom stereocenters. The first-order valence-electron chi connectivity index (χ1n) is 38.3. The van der Waals surface area contributed by atoms with Crippen LogP contribution in [0.15, 0.2) is 255 Å². The van der Waals surface area contributed by atoms with Gasteiger partial charge < -0.3 is 51.5 Å². The summed E-state index contributed by atoms with van der Waals surface area (Å²) in [6, 6.07) is 80.4. The molecule has 13 aromatic rings. The van der Waals surface area contributed by atoms with Crippen molar-refractivity contribution in [3.05, 3.63) is 286 Å². The maximum atomic E-state index is 12.1. The molecule has 0 bridgehead atoms. The Bertz CT molecular complexity index is 5720. The number of hydrogen-bond acceptors (Lipinski definition) is 19. The summed E-state index contributed by atoms with van der Waals surface area (Å²) >= 11 is 2.12. The fourth-order valence-electron chi connectivity index (χ4n) is 11.1. The molecule has 0 saturated heterocycles. The molecule has 13 rings (SSSR count). The summed E-state index contributed by atoms with van der Waals surface area (Å²) in [5.41, 5.74) is 24.0. The van der Waals surface area contributed by atoms with Gasteiger partial charge in [0, 0.05) is 77.4 Å². The molecule has 618 valence electrons. The molecular weight excluding hydrogens is 1650 g/mol. The van der Waals surface area contributed by atoms with E-state index in [4.69, 9.17) is 36.8 Å². The van der Waals surface area contributed by atoms with E-state index in [9.17, 15) is 38.7 Å². The normalized spacial score (nSPS) is 10.0. The van der Waals surface area contributed by atoms with Crippen LogP contribution in [-0.2, 0) is 85.2 Å². The average Bonchev–Trinajstić information content (AvgIpc) is 1.65. The smallest absolute Gasteiger partial charge is 0.327 e. The maximum absolute atomic E-state index is 12.1. The molecule has 0 radical (unpaired) electrons. The second-order valence-corrected chi connectivity index (χ2v) is 26.6. The van der Waals surface area contributed by atoms with Crippen LogP contribution < -0.4 is 27.4 Å². The van der Waals surface area contributed by atoms with Gasteiger partial charge >= 0.3 is 23.9 Å². The zero-order valence-corrected chi connectivity index (χ0v) is 70.0. The van der Waals surface area contributed by atoms with Crippen LogP contribution in [0.4, 0.5) is 29.1 Å². The van der Waals surface area contributed by atoms with E-state index < -0.39 is 17.9 Å². The minimum atomic E-state index is -0.441. The third kappa shape index (κ3) is 29.0. The number of hydrogen-bond donors (Lipinski definition) is 6. The van der Waals surface area contributed by atoms with Crippen molar-refractivity contribution in [1.29, 1.82) is 0 Å². The topological polar surface area (TPSA) is 354 Å². The fourth-order valence-corrected chi connectivity index (χ4v) is 11.9. The number of esters is 4. The predicted octanol–water partition coefficient (Wildman–Crippen LogP) is 14.1. The number of anilines is 5. The number of carbonyl (C=O) groups is 7. The van der Waals surface area contributed by atoms with Crippen LogP contribution in [-0.4, -0.2) is 129 Å². The first-order chi connectivity index (χ1) is 58.6. The molecule has 5 aromatic heterocycles. The first kappa shape index (κ1) is 91.6. The highest BCUT2D eigenvalue weighted by atomic mass is 127. The average molecular weight is 1740 g/mol. The summed E-state index contributed by atoms with van der Waals surface area (Å²) < 4.78 is 27.9. The Labute approximate surface area is 715 Å². The standard InChI is InChI=1S/C23H21N3O3.C19H17N3O.C15H16IN3O3.C15H17N3O3.C13H15N3O2.C8H6/c1-3-29-21(28)16-26-23(24-17(2)27)20(15-14-18-10-6-4-7-11-18)22(25-26)19-12-8-5-9-13-19;20-19-17(12-11-15-7-3-1-4-8-15)18(21-22(19)13-14-23)16-9-5-2-6-10-16;1-3-22-12(21)9-19-15(17-10(2)20)13(16)14(18-19)11-7-5-4-6-8-11;1-3-21-15(20)10-18-14(16-11(2)19)9-13(17-18)12-7-5-4-6-8-12;1-2-18-13(17)9-16-12(14)8-11(15-16)10-6-4-3-5-7-10;1-2-8-6-4-3-5-7-8/h4-13H,3,16H2,1-2H3,(H,24,27);1-10,23H,13-14,20H2;4-8H,3,9H2,1-2H3,(H,17,20);4-9H,3,10H2,1-2H3,(H,16,19);3-8H,2,9,14H2,1H3;1,3-7H. The van der Waals surface area contributed by atoms with Gasteiger partial charge in [0.25, 0.3) is 0 Å². The van der Waals surface area contributed by atoms with Crippen LogP contribution in [0.25, 0.3) is 56.3 Å². The summed E-state index contributed by atoms with van der Waals surface area (Å²) in [5.74, 6) is 15.0. The third-order valence-corrected chi connectivity index (χ3v) is 17.4. The maximum Gasteiger partial charge on any atom is 0.327 e. The number of halogens is 1. The lowest BCUT2D eigenvalue weighted by molar-refractivity contribution is -0.144. The molecule has 27 nitrogen and oxygen atoms in total. The Morgan fingerprint density at radius 1 is 0.388 bits per heavy atom. The molecule has 0 aliphatic heterocycles. The highest BCUT2D eigenvalue weighted by molar-refractivity contribution is 14.1. The number of aliphatic hydroxyl groups is 1. The van der Waals surface area contributed by atoms with Crippen LogP contribution in [0, 0.1) is 39.6 Å². The van der Waals surface area contributed by atoms with Gasteiger partial charge in [-0.3, -0.25) is 33.6 Å². The van der Waals surface area contributed by atoms with Gasteiger partial charge in [-0.25, -0.2) is 23.4 Å².